The van der Waals surface area contributed by atoms with E-state index in [0.29, 0.717) is 19.4 Å². The van der Waals surface area contributed by atoms with Crippen LogP contribution < -0.4 is 10.7 Å². The van der Waals surface area contributed by atoms with E-state index in [1.165, 1.54) is 10.8 Å². The normalized spacial score (nSPS) is 17.6. The van der Waals surface area contributed by atoms with Crippen LogP contribution in [0.1, 0.15) is 78.9 Å². The molecule has 34 heavy (non-hydrogen) atoms. The van der Waals surface area contributed by atoms with Crippen LogP contribution in [0.5, 0.6) is 5.75 Å². The Morgan fingerprint density at radius 1 is 1.21 bits per heavy atom. The van der Waals surface area contributed by atoms with Gasteiger partial charge in [-0.05, 0) is 25.8 Å². The van der Waals surface area contributed by atoms with Gasteiger partial charge in [-0.3, -0.25) is 14.4 Å². The zero-order valence-electron chi connectivity index (χ0n) is 19.3. The molecule has 7 nitrogen and oxygen atoms in total. The monoisotopic (exact) mass is 495 g/mol. The van der Waals surface area contributed by atoms with E-state index < -0.39 is 39.6 Å². The summed E-state index contributed by atoms with van der Waals surface area (Å²) in [6.45, 7) is 6.00. The number of nitrogens with zero attached hydrogens (tertiary/aromatic N) is 2. The Morgan fingerprint density at radius 2 is 1.91 bits per heavy atom. The van der Waals surface area contributed by atoms with E-state index in [0.717, 1.165) is 25.0 Å². The first kappa shape index (κ1) is 25.7. The van der Waals surface area contributed by atoms with Crippen LogP contribution in [0, 0.1) is 11.6 Å². The minimum Gasteiger partial charge on any atom is -0.503 e. The van der Waals surface area contributed by atoms with Crippen molar-refractivity contribution < 1.29 is 23.5 Å². The van der Waals surface area contributed by atoms with E-state index >= 15 is 0 Å². The van der Waals surface area contributed by atoms with Crippen LogP contribution >= 0.6 is 11.6 Å². The number of aromatic hydroxyl groups is 1. The Labute approximate surface area is 201 Å². The lowest BCUT2D eigenvalue weighted by atomic mass is 9.96. The molecule has 1 aliphatic rings. The van der Waals surface area contributed by atoms with Gasteiger partial charge in [0.15, 0.2) is 11.4 Å². The van der Waals surface area contributed by atoms with Crippen molar-refractivity contribution in [3.05, 3.63) is 62.0 Å². The Hall–Kier alpha value is -2.94. The molecule has 2 atom stereocenters. The maximum Gasteiger partial charge on any atom is 0.274 e. The molecule has 0 radical (unpaired) electrons. The summed E-state index contributed by atoms with van der Waals surface area (Å²) in [4.78, 5) is 40.4. The third kappa shape index (κ3) is 4.66. The summed E-state index contributed by atoms with van der Waals surface area (Å²) in [7, 11) is 0. The Kier molecular flexibility index (Phi) is 7.97. The molecule has 0 bridgehead atoms. The summed E-state index contributed by atoms with van der Waals surface area (Å²) in [6, 6.07) is 1.66. The first-order chi connectivity index (χ1) is 16.1. The van der Waals surface area contributed by atoms with E-state index in [2.05, 4.69) is 5.32 Å². The van der Waals surface area contributed by atoms with Crippen molar-refractivity contribution in [3.63, 3.8) is 0 Å². The van der Waals surface area contributed by atoms with Crippen LogP contribution in [0.3, 0.4) is 0 Å². The number of halogens is 3. The molecule has 184 valence electrons. The fraction of sp³-hybridized carbons (Fsp3) is 0.458. The largest absolute Gasteiger partial charge is 0.503 e. The molecule has 0 spiro atoms. The molecule has 2 aromatic rings. The molecule has 2 N–H and O–H groups in total. The summed E-state index contributed by atoms with van der Waals surface area (Å²) < 4.78 is 29.1. The van der Waals surface area contributed by atoms with Gasteiger partial charge in [0.25, 0.3) is 11.8 Å². The van der Waals surface area contributed by atoms with Crippen molar-refractivity contribution in [2.24, 2.45) is 0 Å². The fourth-order valence-corrected chi connectivity index (χ4v) is 4.51. The van der Waals surface area contributed by atoms with E-state index in [-0.39, 0.29) is 35.4 Å². The number of carbonyl (C=O) groups excluding carboxylic acids is 2. The first-order valence-corrected chi connectivity index (χ1v) is 11.7. The van der Waals surface area contributed by atoms with Crippen LogP contribution in [-0.2, 0) is 6.54 Å². The highest BCUT2D eigenvalue weighted by molar-refractivity contribution is 6.30. The van der Waals surface area contributed by atoms with Gasteiger partial charge in [0, 0.05) is 30.9 Å². The number of carbonyl (C=O) groups is 2. The van der Waals surface area contributed by atoms with E-state index in [4.69, 9.17) is 11.6 Å². The van der Waals surface area contributed by atoms with Crippen molar-refractivity contribution >= 4 is 23.4 Å². The molecule has 0 fully saturated rings. The molecule has 3 rings (SSSR count). The Bertz CT molecular complexity index is 1170. The van der Waals surface area contributed by atoms with Gasteiger partial charge < -0.3 is 19.9 Å². The number of amides is 2. The standard InChI is InChI=1S/C24H28ClF2N3O4/c1-4-6-7-17-13(3)29(10-5-2)24(34)20-22(32)21(31)15(12-30(17)20)23(33)28-11-14-8-9-16(26)18(25)19(14)27/h8-9,12-13,17,32H,4-7,10-11H2,1-3H3,(H,28,33)/t13?,17-/m1/s1. The minimum absolute atomic E-state index is 0.0677. The molecule has 1 aromatic heterocycles. The lowest BCUT2D eigenvalue weighted by Gasteiger charge is -2.42. The van der Waals surface area contributed by atoms with Gasteiger partial charge in [-0.25, -0.2) is 8.78 Å². The maximum absolute atomic E-state index is 14.2. The third-order valence-corrected chi connectivity index (χ3v) is 6.54. The van der Waals surface area contributed by atoms with Gasteiger partial charge in [-0.15, -0.1) is 0 Å². The van der Waals surface area contributed by atoms with Gasteiger partial charge in [0.05, 0.1) is 6.04 Å². The molecule has 0 aliphatic carbocycles. The number of fused-ring (bicyclic) bond motifs is 1. The van der Waals surface area contributed by atoms with Gasteiger partial charge >= 0.3 is 0 Å². The topological polar surface area (TPSA) is 91.6 Å². The highest BCUT2D eigenvalue weighted by Gasteiger charge is 2.39. The molecule has 2 amide bonds. The molecular formula is C24H28ClF2N3O4. The SMILES string of the molecule is CCCC[C@@H]1C(C)N(CCC)C(=O)c2c(O)c(=O)c(C(=O)NCc3ccc(F)c(Cl)c3F)cn21. The van der Waals surface area contributed by atoms with Gasteiger partial charge in [0.1, 0.15) is 22.2 Å². The number of pyridine rings is 1. The second-order valence-electron chi connectivity index (χ2n) is 8.44. The van der Waals surface area contributed by atoms with Crippen LogP contribution in [0.25, 0.3) is 0 Å². The van der Waals surface area contributed by atoms with E-state index in [1.54, 1.807) is 4.90 Å². The lowest BCUT2D eigenvalue weighted by molar-refractivity contribution is 0.0525. The van der Waals surface area contributed by atoms with E-state index in [1.807, 2.05) is 20.8 Å². The molecular weight excluding hydrogens is 468 g/mol. The average Bonchev–Trinajstić information content (AvgIpc) is 2.81. The lowest BCUT2D eigenvalue weighted by Crippen LogP contribution is -2.51. The number of rotatable bonds is 8. The summed E-state index contributed by atoms with van der Waals surface area (Å²) in [5, 5.41) is 12.4. The summed E-state index contributed by atoms with van der Waals surface area (Å²) >= 11 is 5.57. The molecule has 1 aliphatic heterocycles. The molecule has 1 aromatic carbocycles. The number of unbranched alkanes of at least 4 members (excludes halogenated alkanes) is 1. The van der Waals surface area contributed by atoms with Crippen molar-refractivity contribution in [2.45, 2.75) is 65.1 Å². The average molecular weight is 496 g/mol. The smallest absolute Gasteiger partial charge is 0.274 e. The Morgan fingerprint density at radius 3 is 2.56 bits per heavy atom. The van der Waals surface area contributed by atoms with Crippen LogP contribution in [-0.4, -0.2) is 39.0 Å². The highest BCUT2D eigenvalue weighted by atomic mass is 35.5. The number of hydrogen-bond acceptors (Lipinski definition) is 4. The number of hydrogen-bond donors (Lipinski definition) is 2. The van der Waals surface area contributed by atoms with Crippen LogP contribution in [0.2, 0.25) is 5.02 Å². The molecule has 0 saturated carbocycles. The Balaban J connectivity index is 1.99. The number of nitrogens with one attached hydrogen (secondary N) is 1. The fourth-order valence-electron chi connectivity index (χ4n) is 4.33. The molecule has 1 unspecified atom stereocenters. The van der Waals surface area contributed by atoms with Gasteiger partial charge in [-0.1, -0.05) is 44.4 Å². The minimum atomic E-state index is -1.01. The quantitative estimate of drug-likeness (QED) is 0.531. The van der Waals surface area contributed by atoms with Crippen molar-refractivity contribution in [3.8, 4) is 5.75 Å². The van der Waals surface area contributed by atoms with E-state index in [9.17, 15) is 28.3 Å². The van der Waals surface area contributed by atoms with Crippen molar-refractivity contribution in [1.29, 1.82) is 0 Å². The van der Waals surface area contributed by atoms with Crippen LogP contribution in [0.15, 0.2) is 23.1 Å². The molecule has 2 heterocycles. The summed E-state index contributed by atoms with van der Waals surface area (Å²) in [6.07, 6.45) is 4.44. The predicted molar refractivity (Wildman–Crippen MR) is 124 cm³/mol. The van der Waals surface area contributed by atoms with Crippen LogP contribution in [0.4, 0.5) is 8.78 Å². The maximum atomic E-state index is 14.2. The van der Waals surface area contributed by atoms with Crippen molar-refractivity contribution in [1.82, 2.24) is 14.8 Å². The first-order valence-electron chi connectivity index (χ1n) is 11.3. The highest BCUT2D eigenvalue weighted by Crippen LogP contribution is 2.34. The second-order valence-corrected chi connectivity index (χ2v) is 8.82. The zero-order valence-corrected chi connectivity index (χ0v) is 20.1. The summed E-state index contributed by atoms with van der Waals surface area (Å²) in [5.41, 5.74) is -1.57. The number of benzene rings is 1. The summed E-state index contributed by atoms with van der Waals surface area (Å²) in [5.74, 6) is -4.06. The molecule has 0 saturated heterocycles. The number of aromatic nitrogens is 1. The van der Waals surface area contributed by atoms with Gasteiger partial charge in [0.2, 0.25) is 5.43 Å². The second kappa shape index (κ2) is 10.5. The molecule has 10 heteroatoms. The van der Waals surface area contributed by atoms with Gasteiger partial charge in [-0.2, -0.15) is 0 Å². The third-order valence-electron chi connectivity index (χ3n) is 6.20. The zero-order chi connectivity index (χ0) is 25.2. The predicted octanol–water partition coefficient (Wildman–Crippen LogP) is 4.40. The van der Waals surface area contributed by atoms with Crippen molar-refractivity contribution in [2.75, 3.05) is 6.54 Å².